The molecule has 0 bridgehead atoms. The quantitative estimate of drug-likeness (QED) is 0.807. The molecule has 1 rings (SSSR count). The van der Waals surface area contributed by atoms with E-state index in [1.54, 1.807) is 0 Å². The van der Waals surface area contributed by atoms with Gasteiger partial charge in [-0.15, -0.1) is 0 Å². The summed E-state index contributed by atoms with van der Waals surface area (Å²) in [5.74, 6) is 0.481. The van der Waals surface area contributed by atoms with Crippen LogP contribution in [-0.2, 0) is 9.53 Å². The Morgan fingerprint density at radius 3 is 2.50 bits per heavy atom. The fourth-order valence-corrected chi connectivity index (χ4v) is 1.87. The summed E-state index contributed by atoms with van der Waals surface area (Å²) >= 11 is 0. The van der Waals surface area contributed by atoms with Gasteiger partial charge in [-0.3, -0.25) is 4.79 Å². The van der Waals surface area contributed by atoms with E-state index in [9.17, 15) is 4.79 Å². The first-order valence-electron chi connectivity index (χ1n) is 6.55. The predicted molar refractivity (Wildman–Crippen MR) is 73.3 cm³/mol. The van der Waals surface area contributed by atoms with Crippen molar-refractivity contribution in [2.45, 2.75) is 33.2 Å². The molecule has 0 aliphatic heterocycles. The molecule has 1 amide bonds. The van der Waals surface area contributed by atoms with Crippen molar-refractivity contribution in [3.05, 3.63) is 35.9 Å². The van der Waals surface area contributed by atoms with Crippen LogP contribution in [0.25, 0.3) is 0 Å². The Hall–Kier alpha value is -1.35. The molecular formula is C15H23NO2. The van der Waals surface area contributed by atoms with Crippen LogP contribution in [0.5, 0.6) is 0 Å². The van der Waals surface area contributed by atoms with Crippen LogP contribution in [0.1, 0.15) is 38.8 Å². The normalized spacial score (nSPS) is 12.4. The minimum absolute atomic E-state index is 0.0497. The predicted octanol–water partition coefficient (Wildman–Crippen LogP) is 2.93. The molecule has 0 saturated carbocycles. The highest BCUT2D eigenvalue weighted by Gasteiger charge is 2.15. The lowest BCUT2D eigenvalue weighted by atomic mass is 9.97. The molecule has 3 nitrogen and oxygen atoms in total. The molecule has 0 radical (unpaired) electrons. The first-order valence-corrected chi connectivity index (χ1v) is 6.55. The van der Waals surface area contributed by atoms with E-state index in [1.807, 2.05) is 37.3 Å². The van der Waals surface area contributed by atoms with Crippen LogP contribution < -0.4 is 5.32 Å². The first-order chi connectivity index (χ1) is 8.63. The molecule has 0 aliphatic carbocycles. The van der Waals surface area contributed by atoms with E-state index >= 15 is 0 Å². The number of hydrogen-bond donors (Lipinski definition) is 1. The number of nitrogens with one attached hydrogen (secondary N) is 1. The van der Waals surface area contributed by atoms with Crippen molar-refractivity contribution in [1.29, 1.82) is 0 Å². The minimum atomic E-state index is -0.0497. The molecule has 1 atom stereocenters. The third kappa shape index (κ3) is 5.32. The lowest BCUT2D eigenvalue weighted by Gasteiger charge is -2.21. The van der Waals surface area contributed by atoms with Crippen molar-refractivity contribution in [3.63, 3.8) is 0 Å². The Morgan fingerprint density at radius 1 is 1.28 bits per heavy atom. The van der Waals surface area contributed by atoms with Crippen molar-refractivity contribution < 1.29 is 9.53 Å². The van der Waals surface area contributed by atoms with E-state index in [4.69, 9.17) is 4.74 Å². The van der Waals surface area contributed by atoms with Gasteiger partial charge in [0.25, 0.3) is 0 Å². The topological polar surface area (TPSA) is 38.3 Å². The highest BCUT2D eigenvalue weighted by atomic mass is 16.5. The molecule has 0 heterocycles. The largest absolute Gasteiger partial charge is 0.372 e. The second-order valence-corrected chi connectivity index (χ2v) is 4.80. The highest BCUT2D eigenvalue weighted by Crippen LogP contribution is 2.20. The number of benzene rings is 1. The van der Waals surface area contributed by atoms with Crippen molar-refractivity contribution in [2.24, 2.45) is 5.92 Å². The van der Waals surface area contributed by atoms with Gasteiger partial charge in [-0.25, -0.2) is 0 Å². The van der Waals surface area contributed by atoms with Gasteiger partial charge in [0.15, 0.2) is 0 Å². The van der Waals surface area contributed by atoms with Crippen LogP contribution >= 0.6 is 0 Å². The summed E-state index contributed by atoms with van der Waals surface area (Å²) in [6.45, 7) is 6.90. The van der Waals surface area contributed by atoms with E-state index in [0.29, 0.717) is 12.5 Å². The van der Waals surface area contributed by atoms with Crippen LogP contribution in [0.2, 0.25) is 0 Å². The van der Waals surface area contributed by atoms with E-state index < -0.39 is 0 Å². The van der Waals surface area contributed by atoms with Gasteiger partial charge >= 0.3 is 0 Å². The molecule has 3 heteroatoms. The summed E-state index contributed by atoms with van der Waals surface area (Å²) in [5, 5.41) is 3.04. The Morgan fingerprint density at radius 2 is 1.94 bits per heavy atom. The number of carbonyl (C=O) groups is 1. The first kappa shape index (κ1) is 14.7. The maximum atomic E-state index is 11.7. The van der Waals surface area contributed by atoms with E-state index in [0.717, 1.165) is 12.0 Å². The lowest BCUT2D eigenvalue weighted by Crippen LogP contribution is -2.32. The van der Waals surface area contributed by atoms with Crippen LogP contribution in [0.4, 0.5) is 0 Å². The standard InChI is InChI=1S/C15H23NO2/c1-4-18-11-15(17)16-14(10-12(2)3)13-8-6-5-7-9-13/h5-9,12,14H,4,10-11H2,1-3H3,(H,16,17). The number of carbonyl (C=O) groups excluding carboxylic acids is 1. The second kappa shape index (κ2) is 7.88. The molecule has 0 saturated heterocycles. The van der Waals surface area contributed by atoms with Gasteiger partial charge in [0.05, 0.1) is 6.04 Å². The van der Waals surface area contributed by atoms with Gasteiger partial charge in [-0.1, -0.05) is 44.2 Å². The fraction of sp³-hybridized carbons (Fsp3) is 0.533. The maximum absolute atomic E-state index is 11.7. The van der Waals surface area contributed by atoms with Gasteiger partial charge in [-0.05, 0) is 24.8 Å². The van der Waals surface area contributed by atoms with Gasteiger partial charge in [-0.2, -0.15) is 0 Å². The smallest absolute Gasteiger partial charge is 0.246 e. The summed E-state index contributed by atoms with van der Waals surface area (Å²) in [5.41, 5.74) is 1.15. The molecule has 0 fully saturated rings. The zero-order chi connectivity index (χ0) is 13.4. The number of rotatable bonds is 7. The summed E-state index contributed by atoms with van der Waals surface area (Å²) < 4.78 is 5.12. The second-order valence-electron chi connectivity index (χ2n) is 4.80. The summed E-state index contributed by atoms with van der Waals surface area (Å²) in [6.07, 6.45) is 0.932. The van der Waals surface area contributed by atoms with Crippen molar-refractivity contribution in [2.75, 3.05) is 13.2 Å². The van der Waals surface area contributed by atoms with Crippen LogP contribution in [0.15, 0.2) is 30.3 Å². The fourth-order valence-electron chi connectivity index (χ4n) is 1.87. The molecule has 0 spiro atoms. The minimum Gasteiger partial charge on any atom is -0.372 e. The Kier molecular flexibility index (Phi) is 6.44. The van der Waals surface area contributed by atoms with E-state index in [-0.39, 0.29) is 18.6 Å². The molecule has 0 aromatic heterocycles. The van der Waals surface area contributed by atoms with Crippen LogP contribution in [0, 0.1) is 5.92 Å². The molecule has 0 aliphatic rings. The number of amides is 1. The third-order valence-electron chi connectivity index (χ3n) is 2.68. The Bertz CT molecular complexity index is 349. The van der Waals surface area contributed by atoms with E-state index in [2.05, 4.69) is 19.2 Å². The van der Waals surface area contributed by atoms with Crippen LogP contribution in [-0.4, -0.2) is 19.1 Å². The maximum Gasteiger partial charge on any atom is 0.246 e. The van der Waals surface area contributed by atoms with Gasteiger partial charge in [0, 0.05) is 6.61 Å². The van der Waals surface area contributed by atoms with Crippen LogP contribution in [0.3, 0.4) is 0 Å². The zero-order valence-corrected chi connectivity index (χ0v) is 11.5. The number of ether oxygens (including phenoxy) is 1. The molecule has 100 valence electrons. The summed E-state index contributed by atoms with van der Waals surface area (Å²) in [4.78, 5) is 11.7. The monoisotopic (exact) mass is 249 g/mol. The Labute approximate surface area is 110 Å². The summed E-state index contributed by atoms with van der Waals surface area (Å²) in [7, 11) is 0. The molecule has 18 heavy (non-hydrogen) atoms. The van der Waals surface area contributed by atoms with Crippen molar-refractivity contribution in [1.82, 2.24) is 5.32 Å². The van der Waals surface area contributed by atoms with Crippen molar-refractivity contribution >= 4 is 5.91 Å². The molecule has 1 N–H and O–H groups in total. The average molecular weight is 249 g/mol. The molecule has 1 aromatic rings. The average Bonchev–Trinajstić information content (AvgIpc) is 2.36. The highest BCUT2D eigenvalue weighted by molar-refractivity contribution is 5.77. The summed E-state index contributed by atoms with van der Waals surface area (Å²) in [6, 6.07) is 10.1. The zero-order valence-electron chi connectivity index (χ0n) is 11.5. The van der Waals surface area contributed by atoms with E-state index in [1.165, 1.54) is 0 Å². The Balaban J connectivity index is 2.64. The number of hydrogen-bond acceptors (Lipinski definition) is 2. The SMILES string of the molecule is CCOCC(=O)NC(CC(C)C)c1ccccc1. The van der Waals surface area contributed by atoms with Gasteiger partial charge in [0.1, 0.15) is 6.61 Å². The molecule has 1 aromatic carbocycles. The molecular weight excluding hydrogens is 226 g/mol. The molecule has 1 unspecified atom stereocenters. The van der Waals surface area contributed by atoms with Gasteiger partial charge < -0.3 is 10.1 Å². The van der Waals surface area contributed by atoms with Gasteiger partial charge in [0.2, 0.25) is 5.91 Å². The van der Waals surface area contributed by atoms with Crippen molar-refractivity contribution in [3.8, 4) is 0 Å². The lowest BCUT2D eigenvalue weighted by molar-refractivity contribution is -0.126. The third-order valence-corrected chi connectivity index (χ3v) is 2.68.